The fourth-order valence-electron chi connectivity index (χ4n) is 1.47. The molecule has 2 N–H and O–H groups in total. The molecule has 0 atom stereocenters. The van der Waals surface area contributed by atoms with Crippen LogP contribution in [0.25, 0.3) is 0 Å². The van der Waals surface area contributed by atoms with Gasteiger partial charge in [0.05, 0.1) is 0 Å². The highest BCUT2D eigenvalue weighted by Gasteiger charge is 1.97. The first-order valence-electron chi connectivity index (χ1n) is 5.43. The molecule has 2 rings (SSSR count). The summed E-state index contributed by atoms with van der Waals surface area (Å²) in [5, 5.41) is 0. The quantitative estimate of drug-likeness (QED) is 0.835. The van der Waals surface area contributed by atoms with Crippen LogP contribution in [0.15, 0.2) is 53.4 Å². The van der Waals surface area contributed by atoms with Crippen LogP contribution in [0.4, 0.5) is 0 Å². The van der Waals surface area contributed by atoms with Gasteiger partial charge in [0.2, 0.25) is 0 Å². The Morgan fingerprint density at radius 1 is 0.941 bits per heavy atom. The van der Waals surface area contributed by atoms with Crippen LogP contribution in [0.2, 0.25) is 0 Å². The molecule has 0 bridgehead atoms. The summed E-state index contributed by atoms with van der Waals surface area (Å²) in [6, 6.07) is 15.9. The van der Waals surface area contributed by atoms with Crippen LogP contribution in [0.1, 0.15) is 5.56 Å². The van der Waals surface area contributed by atoms with E-state index in [-0.39, 0.29) is 0 Å². The van der Waals surface area contributed by atoms with Gasteiger partial charge >= 0.3 is 0 Å². The molecular weight excluding hydrogens is 230 g/mol. The molecule has 0 unspecified atom stereocenters. The van der Waals surface area contributed by atoms with Crippen molar-refractivity contribution >= 4 is 11.8 Å². The third-order valence-electron chi connectivity index (χ3n) is 2.45. The third kappa shape index (κ3) is 3.25. The van der Waals surface area contributed by atoms with Crippen molar-refractivity contribution in [1.82, 2.24) is 0 Å². The maximum absolute atomic E-state index is 5.73. The number of hydrogen-bond acceptors (Lipinski definition) is 3. The van der Waals surface area contributed by atoms with Crippen molar-refractivity contribution < 1.29 is 4.74 Å². The summed E-state index contributed by atoms with van der Waals surface area (Å²) in [7, 11) is 0. The summed E-state index contributed by atoms with van der Waals surface area (Å²) in [6.07, 6.45) is 2.06. The van der Waals surface area contributed by atoms with Gasteiger partial charge in [-0.3, -0.25) is 0 Å². The number of hydrogen-bond donors (Lipinski definition) is 1. The highest BCUT2D eigenvalue weighted by molar-refractivity contribution is 7.98. The molecule has 0 aromatic heterocycles. The monoisotopic (exact) mass is 245 g/mol. The van der Waals surface area contributed by atoms with Gasteiger partial charge in [-0.1, -0.05) is 12.1 Å². The lowest BCUT2D eigenvalue weighted by atomic mass is 10.2. The smallest absolute Gasteiger partial charge is 0.127 e. The Morgan fingerprint density at radius 2 is 1.47 bits per heavy atom. The van der Waals surface area contributed by atoms with Gasteiger partial charge in [0, 0.05) is 11.4 Å². The molecule has 0 amide bonds. The maximum Gasteiger partial charge on any atom is 0.127 e. The molecule has 0 aliphatic heterocycles. The SMILES string of the molecule is CSc1ccc(Oc2ccc(CN)cc2)cc1. The van der Waals surface area contributed by atoms with Crippen molar-refractivity contribution in [2.75, 3.05) is 6.26 Å². The van der Waals surface area contributed by atoms with Crippen molar-refractivity contribution in [3.8, 4) is 11.5 Å². The fraction of sp³-hybridized carbons (Fsp3) is 0.143. The number of nitrogens with two attached hydrogens (primary N) is 1. The van der Waals surface area contributed by atoms with Crippen LogP contribution in [-0.4, -0.2) is 6.26 Å². The van der Waals surface area contributed by atoms with Gasteiger partial charge in [0.25, 0.3) is 0 Å². The average molecular weight is 245 g/mol. The van der Waals surface area contributed by atoms with E-state index in [4.69, 9.17) is 10.5 Å². The molecule has 2 aromatic carbocycles. The van der Waals surface area contributed by atoms with Gasteiger partial charge in [-0.25, -0.2) is 0 Å². The van der Waals surface area contributed by atoms with Crippen molar-refractivity contribution in [3.63, 3.8) is 0 Å². The van der Waals surface area contributed by atoms with Crippen LogP contribution in [0, 0.1) is 0 Å². The maximum atomic E-state index is 5.73. The van der Waals surface area contributed by atoms with E-state index in [1.807, 2.05) is 48.5 Å². The Hall–Kier alpha value is -1.45. The minimum absolute atomic E-state index is 0.558. The topological polar surface area (TPSA) is 35.2 Å². The summed E-state index contributed by atoms with van der Waals surface area (Å²) < 4.78 is 5.73. The molecule has 0 fully saturated rings. The lowest BCUT2D eigenvalue weighted by Crippen LogP contribution is -1.95. The van der Waals surface area contributed by atoms with Crippen LogP contribution in [-0.2, 0) is 6.54 Å². The van der Waals surface area contributed by atoms with Crippen molar-refractivity contribution in [1.29, 1.82) is 0 Å². The molecule has 17 heavy (non-hydrogen) atoms. The number of rotatable bonds is 4. The lowest BCUT2D eigenvalue weighted by molar-refractivity contribution is 0.482. The van der Waals surface area contributed by atoms with Gasteiger partial charge in [-0.2, -0.15) is 0 Å². The standard InChI is InChI=1S/C14H15NOS/c1-17-14-8-6-13(7-9-14)16-12-4-2-11(10-15)3-5-12/h2-9H,10,15H2,1H3. The van der Waals surface area contributed by atoms with E-state index < -0.39 is 0 Å². The lowest BCUT2D eigenvalue weighted by Gasteiger charge is -2.06. The number of benzene rings is 2. The van der Waals surface area contributed by atoms with Crippen LogP contribution in [0.3, 0.4) is 0 Å². The van der Waals surface area contributed by atoms with E-state index >= 15 is 0 Å². The van der Waals surface area contributed by atoms with Crippen LogP contribution < -0.4 is 10.5 Å². The Bertz CT molecular complexity index is 419. The highest BCUT2D eigenvalue weighted by Crippen LogP contribution is 2.24. The minimum Gasteiger partial charge on any atom is -0.457 e. The van der Waals surface area contributed by atoms with E-state index in [0.29, 0.717) is 6.54 Å². The minimum atomic E-state index is 0.558. The molecule has 0 spiro atoms. The van der Waals surface area contributed by atoms with Gasteiger partial charge < -0.3 is 10.5 Å². The van der Waals surface area contributed by atoms with Crippen molar-refractivity contribution in [2.24, 2.45) is 5.73 Å². The van der Waals surface area contributed by atoms with Crippen LogP contribution >= 0.6 is 11.8 Å². The molecule has 0 aliphatic carbocycles. The normalized spacial score (nSPS) is 10.2. The molecule has 0 saturated carbocycles. The summed E-state index contributed by atoms with van der Waals surface area (Å²) in [4.78, 5) is 1.23. The first-order chi connectivity index (χ1) is 8.31. The summed E-state index contributed by atoms with van der Waals surface area (Å²) >= 11 is 1.72. The molecule has 0 saturated heterocycles. The largest absolute Gasteiger partial charge is 0.457 e. The predicted octanol–water partition coefficient (Wildman–Crippen LogP) is 3.66. The van der Waals surface area contributed by atoms with E-state index in [1.54, 1.807) is 11.8 Å². The first kappa shape index (κ1) is 12.0. The van der Waals surface area contributed by atoms with Crippen molar-refractivity contribution in [2.45, 2.75) is 11.4 Å². The predicted molar refractivity (Wildman–Crippen MR) is 72.6 cm³/mol. The fourth-order valence-corrected chi connectivity index (χ4v) is 1.88. The molecule has 3 heteroatoms. The highest BCUT2D eigenvalue weighted by atomic mass is 32.2. The summed E-state index contributed by atoms with van der Waals surface area (Å²) in [5.74, 6) is 1.68. The second-order valence-corrected chi connectivity index (χ2v) is 4.51. The summed E-state index contributed by atoms with van der Waals surface area (Å²) in [5.41, 5.74) is 6.65. The zero-order valence-corrected chi connectivity index (χ0v) is 10.5. The van der Waals surface area contributed by atoms with Gasteiger partial charge in [-0.15, -0.1) is 11.8 Å². The van der Waals surface area contributed by atoms with Crippen molar-refractivity contribution in [3.05, 3.63) is 54.1 Å². The molecule has 2 nitrogen and oxygen atoms in total. The second kappa shape index (κ2) is 5.75. The van der Waals surface area contributed by atoms with E-state index in [1.165, 1.54) is 4.90 Å². The molecule has 88 valence electrons. The summed E-state index contributed by atoms with van der Waals surface area (Å²) in [6.45, 7) is 0.558. The number of thioether (sulfide) groups is 1. The Balaban J connectivity index is 2.08. The molecule has 0 radical (unpaired) electrons. The molecule has 2 aromatic rings. The molecule has 0 aliphatic rings. The zero-order chi connectivity index (χ0) is 12.1. The second-order valence-electron chi connectivity index (χ2n) is 3.63. The Morgan fingerprint density at radius 3 is 1.94 bits per heavy atom. The Kier molecular flexibility index (Phi) is 4.07. The Labute approximate surface area is 106 Å². The van der Waals surface area contributed by atoms with Gasteiger partial charge in [0.15, 0.2) is 0 Å². The average Bonchev–Trinajstić information content (AvgIpc) is 2.40. The van der Waals surface area contributed by atoms with Crippen LogP contribution in [0.5, 0.6) is 11.5 Å². The zero-order valence-electron chi connectivity index (χ0n) is 9.72. The first-order valence-corrected chi connectivity index (χ1v) is 6.65. The van der Waals surface area contributed by atoms with E-state index in [0.717, 1.165) is 17.1 Å². The van der Waals surface area contributed by atoms with E-state index in [9.17, 15) is 0 Å². The van der Waals surface area contributed by atoms with Gasteiger partial charge in [-0.05, 0) is 48.2 Å². The number of ether oxygens (including phenoxy) is 1. The molecule has 0 heterocycles. The van der Waals surface area contributed by atoms with E-state index in [2.05, 4.69) is 6.26 Å². The van der Waals surface area contributed by atoms with Gasteiger partial charge in [0.1, 0.15) is 11.5 Å². The molecular formula is C14H15NOS. The third-order valence-corrected chi connectivity index (χ3v) is 3.20.